The van der Waals surface area contributed by atoms with Gasteiger partial charge in [0.2, 0.25) is 0 Å². The lowest BCUT2D eigenvalue weighted by atomic mass is 9.94. The summed E-state index contributed by atoms with van der Waals surface area (Å²) in [7, 11) is 3.00. The number of benzene rings is 1. The molecule has 3 aliphatic heterocycles. The number of aromatic nitrogens is 4. The van der Waals surface area contributed by atoms with Crippen molar-refractivity contribution in [1.29, 1.82) is 0 Å². The van der Waals surface area contributed by atoms with Crippen molar-refractivity contribution in [2.75, 3.05) is 51.1 Å². The van der Waals surface area contributed by atoms with Gasteiger partial charge in [0.05, 0.1) is 60.6 Å². The molecule has 1 aromatic carbocycles. The number of hydrogen-bond acceptors (Lipinski definition) is 9. The molecule has 2 aromatic heterocycles. The number of likely N-dealkylation sites (tertiary alicyclic amines) is 1. The number of aryl methyl sites for hydroxylation is 1. The Kier molecular flexibility index (Phi) is 8.05. The standard InChI is InChI=1S/C28H30ClF4N7O4/c1-42-12-14-9-39(10-14)26(41)24-22(29)19-11-38(6-3-7-40(19)37-24)25-15-13-44-20(8-18(15)35-27(36-25)43-2)21-16(28(31,32)33)4-5-17(34)23(21)30/h4-5,14,20H,3,6-13,34H2,1-2H3. The smallest absolute Gasteiger partial charge is 0.416 e. The Morgan fingerprint density at radius 2 is 1.98 bits per heavy atom. The molecule has 1 unspecified atom stereocenters. The van der Waals surface area contributed by atoms with Crippen LogP contribution in [0.2, 0.25) is 5.02 Å². The van der Waals surface area contributed by atoms with Crippen molar-refractivity contribution in [2.45, 2.75) is 44.8 Å². The number of nitrogen functional groups attached to an aromatic ring is 1. The zero-order chi connectivity index (χ0) is 31.3. The van der Waals surface area contributed by atoms with E-state index in [1.807, 2.05) is 4.90 Å². The van der Waals surface area contributed by atoms with E-state index in [1.165, 1.54) is 7.11 Å². The molecule has 3 aliphatic rings. The van der Waals surface area contributed by atoms with E-state index in [0.717, 1.165) is 12.1 Å². The van der Waals surface area contributed by atoms with E-state index in [0.29, 0.717) is 62.0 Å². The number of carbonyl (C=O) groups is 1. The fourth-order valence-corrected chi connectivity index (χ4v) is 6.24. The SMILES string of the molecule is COCC1CN(C(=O)c2nn3c(c2Cl)CN(c2nc(OC)nc4c2COC(c2c(C(F)(F)F)ccc(N)c2F)C4)CCC3)C1. The minimum atomic E-state index is -4.82. The zero-order valence-corrected chi connectivity index (χ0v) is 24.7. The molecule has 16 heteroatoms. The first kappa shape index (κ1) is 30.3. The lowest BCUT2D eigenvalue weighted by molar-refractivity contribution is -0.140. The number of nitrogens with zero attached hydrogens (tertiary/aromatic N) is 6. The van der Waals surface area contributed by atoms with Gasteiger partial charge < -0.3 is 29.7 Å². The minimum absolute atomic E-state index is 0.00777. The Labute approximate surface area is 254 Å². The molecule has 0 bridgehead atoms. The number of methoxy groups -OCH3 is 2. The van der Waals surface area contributed by atoms with E-state index in [9.17, 15) is 18.0 Å². The van der Waals surface area contributed by atoms with Crippen molar-refractivity contribution < 1.29 is 36.6 Å². The van der Waals surface area contributed by atoms with Crippen LogP contribution >= 0.6 is 11.6 Å². The summed E-state index contributed by atoms with van der Waals surface area (Å²) in [6.45, 7) is 2.78. The van der Waals surface area contributed by atoms with Gasteiger partial charge in [-0.25, -0.2) is 4.39 Å². The second-order valence-electron chi connectivity index (χ2n) is 11.0. The van der Waals surface area contributed by atoms with E-state index < -0.39 is 34.9 Å². The molecule has 1 fully saturated rings. The van der Waals surface area contributed by atoms with Gasteiger partial charge >= 0.3 is 12.2 Å². The predicted octanol–water partition coefficient (Wildman–Crippen LogP) is 4.02. The highest BCUT2D eigenvalue weighted by molar-refractivity contribution is 6.34. The van der Waals surface area contributed by atoms with Crippen LogP contribution in [0.3, 0.4) is 0 Å². The Morgan fingerprint density at radius 1 is 1.20 bits per heavy atom. The molecule has 44 heavy (non-hydrogen) atoms. The maximum atomic E-state index is 15.1. The van der Waals surface area contributed by atoms with Crippen LogP contribution in [-0.4, -0.2) is 71.0 Å². The predicted molar refractivity (Wildman–Crippen MR) is 150 cm³/mol. The molecule has 1 atom stereocenters. The summed E-state index contributed by atoms with van der Waals surface area (Å²) in [5, 5.41) is 4.79. The topological polar surface area (TPSA) is 121 Å². The average Bonchev–Trinajstić information content (AvgIpc) is 3.13. The summed E-state index contributed by atoms with van der Waals surface area (Å²) in [6, 6.07) is 1.63. The highest BCUT2D eigenvalue weighted by atomic mass is 35.5. The zero-order valence-electron chi connectivity index (χ0n) is 24.0. The van der Waals surface area contributed by atoms with Crippen molar-refractivity contribution >= 4 is 29.0 Å². The van der Waals surface area contributed by atoms with Crippen LogP contribution in [0.1, 0.15) is 51.1 Å². The third kappa shape index (κ3) is 5.41. The van der Waals surface area contributed by atoms with Crippen LogP contribution in [0.25, 0.3) is 0 Å². The highest BCUT2D eigenvalue weighted by Gasteiger charge is 2.40. The molecule has 0 aliphatic carbocycles. The number of anilines is 2. The van der Waals surface area contributed by atoms with E-state index >= 15 is 4.39 Å². The molecule has 2 N–H and O–H groups in total. The van der Waals surface area contributed by atoms with Gasteiger partial charge in [-0.3, -0.25) is 9.48 Å². The quantitative estimate of drug-likeness (QED) is 0.315. The van der Waals surface area contributed by atoms with Gasteiger partial charge in [-0.2, -0.15) is 28.2 Å². The molecule has 11 nitrogen and oxygen atoms in total. The van der Waals surface area contributed by atoms with Gasteiger partial charge in [-0.05, 0) is 18.6 Å². The van der Waals surface area contributed by atoms with E-state index in [4.69, 9.17) is 31.5 Å². The largest absolute Gasteiger partial charge is 0.467 e. The van der Waals surface area contributed by atoms with Crippen LogP contribution in [0.4, 0.5) is 29.1 Å². The average molecular weight is 640 g/mol. The van der Waals surface area contributed by atoms with Crippen molar-refractivity contribution in [3.05, 3.63) is 56.7 Å². The fourth-order valence-electron chi connectivity index (χ4n) is 5.97. The lowest BCUT2D eigenvalue weighted by Crippen LogP contribution is -2.51. The van der Waals surface area contributed by atoms with Gasteiger partial charge in [0, 0.05) is 56.8 Å². The Bertz CT molecular complexity index is 1600. The van der Waals surface area contributed by atoms with E-state index in [-0.39, 0.29) is 48.1 Å². The number of alkyl halides is 3. The third-order valence-electron chi connectivity index (χ3n) is 8.16. The minimum Gasteiger partial charge on any atom is -0.467 e. The number of hydrogen-bond donors (Lipinski definition) is 1. The summed E-state index contributed by atoms with van der Waals surface area (Å²) < 4.78 is 74.6. The molecular weight excluding hydrogens is 610 g/mol. The number of amides is 1. The van der Waals surface area contributed by atoms with Crippen LogP contribution in [0, 0.1) is 11.7 Å². The normalized spacial score (nSPS) is 18.8. The number of ether oxygens (including phenoxy) is 3. The van der Waals surface area contributed by atoms with E-state index in [2.05, 4.69) is 15.1 Å². The second-order valence-corrected chi connectivity index (χ2v) is 11.4. The first-order chi connectivity index (χ1) is 21.0. The Morgan fingerprint density at radius 3 is 2.68 bits per heavy atom. The first-order valence-electron chi connectivity index (χ1n) is 14.0. The number of nitrogens with two attached hydrogens (primary N) is 1. The van der Waals surface area contributed by atoms with E-state index in [1.54, 1.807) is 16.7 Å². The molecular formula is C28H30ClF4N7O4. The lowest BCUT2D eigenvalue weighted by Gasteiger charge is -2.38. The highest BCUT2D eigenvalue weighted by Crippen LogP contribution is 2.43. The summed E-state index contributed by atoms with van der Waals surface area (Å²) in [4.78, 5) is 25.7. The van der Waals surface area contributed by atoms with Gasteiger partial charge in [0.15, 0.2) is 11.5 Å². The summed E-state index contributed by atoms with van der Waals surface area (Å²) in [6.07, 6.45) is -5.66. The van der Waals surface area contributed by atoms with Crippen molar-refractivity contribution in [2.24, 2.45) is 5.92 Å². The maximum Gasteiger partial charge on any atom is 0.416 e. The summed E-state index contributed by atoms with van der Waals surface area (Å²) in [5.74, 6) is -0.710. The van der Waals surface area contributed by atoms with Crippen molar-refractivity contribution in [1.82, 2.24) is 24.6 Å². The Hall–Kier alpha value is -3.69. The van der Waals surface area contributed by atoms with Gasteiger partial charge in [-0.15, -0.1) is 0 Å². The van der Waals surface area contributed by atoms with Crippen LogP contribution < -0.4 is 15.4 Å². The van der Waals surface area contributed by atoms with Crippen molar-refractivity contribution in [3.63, 3.8) is 0 Å². The molecule has 3 aromatic rings. The monoisotopic (exact) mass is 639 g/mol. The number of halogens is 5. The summed E-state index contributed by atoms with van der Waals surface area (Å²) >= 11 is 6.75. The number of rotatable bonds is 6. The maximum absolute atomic E-state index is 15.1. The second kappa shape index (κ2) is 11.7. The van der Waals surface area contributed by atoms with Gasteiger partial charge in [0.25, 0.3) is 5.91 Å². The Balaban J connectivity index is 1.30. The third-order valence-corrected chi connectivity index (χ3v) is 8.56. The molecule has 1 amide bonds. The molecule has 1 saturated heterocycles. The number of fused-ring (bicyclic) bond motifs is 2. The van der Waals surface area contributed by atoms with Crippen LogP contribution in [0.5, 0.6) is 6.01 Å². The molecule has 0 radical (unpaired) electrons. The molecule has 0 spiro atoms. The molecule has 236 valence electrons. The van der Waals surface area contributed by atoms with Crippen molar-refractivity contribution in [3.8, 4) is 6.01 Å². The molecule has 6 rings (SSSR count). The molecule has 0 saturated carbocycles. The number of carbonyl (C=O) groups excluding carboxylic acids is 1. The fraction of sp³-hybridized carbons (Fsp3) is 0.500. The van der Waals surface area contributed by atoms with Gasteiger partial charge in [0.1, 0.15) is 5.82 Å². The van der Waals surface area contributed by atoms with Crippen LogP contribution in [0.15, 0.2) is 12.1 Å². The molecule has 5 heterocycles. The van der Waals surface area contributed by atoms with Gasteiger partial charge in [-0.1, -0.05) is 11.6 Å². The summed E-state index contributed by atoms with van der Waals surface area (Å²) in [5.41, 5.74) is 5.09. The first-order valence-corrected chi connectivity index (χ1v) is 14.4. The van der Waals surface area contributed by atoms with Crippen LogP contribution in [-0.2, 0) is 41.8 Å².